The van der Waals surface area contributed by atoms with Crippen molar-refractivity contribution in [2.75, 3.05) is 26.9 Å². The van der Waals surface area contributed by atoms with E-state index in [0.717, 1.165) is 16.7 Å². The standard InChI is InChI=1S/C23H26N2O4/c1-4-25-16(2)20(22(26)29-15-14-28-3)21(24-23(25)27)19-12-10-18(11-13-19)17-8-6-5-7-9-17/h5-13,21H,4,14-15H2,1-3H3,(H,24,27)/t21-/m0/s1. The largest absolute Gasteiger partial charge is 0.460 e. The fourth-order valence-corrected chi connectivity index (χ4v) is 3.47. The van der Waals surface area contributed by atoms with Crippen molar-refractivity contribution in [1.82, 2.24) is 10.2 Å². The topological polar surface area (TPSA) is 67.9 Å². The van der Waals surface area contributed by atoms with Crippen molar-refractivity contribution < 1.29 is 19.1 Å². The average Bonchev–Trinajstić information content (AvgIpc) is 2.74. The van der Waals surface area contributed by atoms with Gasteiger partial charge in [0.1, 0.15) is 6.61 Å². The predicted molar refractivity (Wildman–Crippen MR) is 111 cm³/mol. The summed E-state index contributed by atoms with van der Waals surface area (Å²) in [6.07, 6.45) is 0. The predicted octanol–water partition coefficient (Wildman–Crippen LogP) is 3.90. The Morgan fingerprint density at radius 1 is 1.03 bits per heavy atom. The highest BCUT2D eigenvalue weighted by Crippen LogP contribution is 2.32. The van der Waals surface area contributed by atoms with E-state index in [4.69, 9.17) is 9.47 Å². The maximum absolute atomic E-state index is 12.8. The second-order valence-corrected chi connectivity index (χ2v) is 6.74. The Morgan fingerprint density at radius 3 is 2.31 bits per heavy atom. The van der Waals surface area contributed by atoms with Gasteiger partial charge < -0.3 is 14.8 Å². The van der Waals surface area contributed by atoms with Gasteiger partial charge in [0, 0.05) is 19.4 Å². The molecule has 1 atom stereocenters. The van der Waals surface area contributed by atoms with Crippen molar-refractivity contribution in [1.29, 1.82) is 0 Å². The summed E-state index contributed by atoms with van der Waals surface area (Å²) in [6.45, 7) is 4.59. The molecule has 1 aliphatic heterocycles. The van der Waals surface area contributed by atoms with E-state index >= 15 is 0 Å². The monoisotopic (exact) mass is 394 g/mol. The lowest BCUT2D eigenvalue weighted by Crippen LogP contribution is -2.47. The van der Waals surface area contributed by atoms with E-state index in [1.807, 2.05) is 61.5 Å². The molecule has 6 nitrogen and oxygen atoms in total. The number of benzene rings is 2. The first-order chi connectivity index (χ1) is 14.1. The lowest BCUT2D eigenvalue weighted by Gasteiger charge is -2.34. The van der Waals surface area contributed by atoms with Gasteiger partial charge in [-0.25, -0.2) is 9.59 Å². The van der Waals surface area contributed by atoms with Gasteiger partial charge in [-0.3, -0.25) is 4.90 Å². The third-order valence-corrected chi connectivity index (χ3v) is 5.00. The first kappa shape index (κ1) is 20.6. The minimum absolute atomic E-state index is 0.159. The summed E-state index contributed by atoms with van der Waals surface area (Å²) in [4.78, 5) is 26.9. The number of nitrogens with zero attached hydrogens (tertiary/aromatic N) is 1. The molecule has 0 bridgehead atoms. The van der Waals surface area contributed by atoms with Gasteiger partial charge >= 0.3 is 12.0 Å². The first-order valence-corrected chi connectivity index (χ1v) is 9.67. The van der Waals surface area contributed by atoms with E-state index in [1.54, 1.807) is 18.9 Å². The Balaban J connectivity index is 1.93. The van der Waals surface area contributed by atoms with Gasteiger partial charge in [0.15, 0.2) is 0 Å². The highest BCUT2D eigenvalue weighted by atomic mass is 16.6. The maximum Gasteiger partial charge on any atom is 0.338 e. The van der Waals surface area contributed by atoms with E-state index in [-0.39, 0.29) is 12.6 Å². The molecule has 2 aromatic carbocycles. The molecule has 0 spiro atoms. The summed E-state index contributed by atoms with van der Waals surface area (Å²) in [5.41, 5.74) is 4.05. The van der Waals surface area contributed by atoms with Crippen LogP contribution in [0.4, 0.5) is 4.79 Å². The summed E-state index contributed by atoms with van der Waals surface area (Å²) >= 11 is 0. The lowest BCUT2D eigenvalue weighted by molar-refractivity contribution is -0.140. The van der Waals surface area contributed by atoms with Crippen molar-refractivity contribution >= 4 is 12.0 Å². The molecule has 0 radical (unpaired) electrons. The van der Waals surface area contributed by atoms with Crippen LogP contribution in [0.1, 0.15) is 25.5 Å². The van der Waals surface area contributed by atoms with Crippen LogP contribution in [0.2, 0.25) is 0 Å². The van der Waals surface area contributed by atoms with Crippen LogP contribution in [0.5, 0.6) is 0 Å². The highest BCUT2D eigenvalue weighted by Gasteiger charge is 2.35. The molecule has 152 valence electrons. The van der Waals surface area contributed by atoms with Gasteiger partial charge in [0.05, 0.1) is 18.2 Å². The Labute approximate surface area is 171 Å². The maximum atomic E-state index is 12.8. The zero-order valence-electron chi connectivity index (χ0n) is 17.0. The number of ether oxygens (including phenoxy) is 2. The van der Waals surface area contributed by atoms with Gasteiger partial charge in [-0.15, -0.1) is 0 Å². The second kappa shape index (κ2) is 9.39. The number of nitrogens with one attached hydrogen (secondary N) is 1. The number of allylic oxidation sites excluding steroid dienone is 1. The van der Waals surface area contributed by atoms with Gasteiger partial charge in [0.2, 0.25) is 0 Å². The first-order valence-electron chi connectivity index (χ1n) is 9.67. The lowest BCUT2D eigenvalue weighted by atomic mass is 9.93. The van der Waals surface area contributed by atoms with E-state index < -0.39 is 12.0 Å². The number of methoxy groups -OCH3 is 1. The smallest absolute Gasteiger partial charge is 0.338 e. The quantitative estimate of drug-likeness (QED) is 0.571. The number of rotatable bonds is 7. The van der Waals surface area contributed by atoms with Crippen LogP contribution in [0.15, 0.2) is 65.9 Å². The molecule has 0 saturated carbocycles. The molecule has 2 amide bonds. The van der Waals surface area contributed by atoms with Gasteiger partial charge in [-0.1, -0.05) is 54.6 Å². The fraction of sp³-hybridized carbons (Fsp3) is 0.304. The van der Waals surface area contributed by atoms with E-state index in [0.29, 0.717) is 24.4 Å². The van der Waals surface area contributed by atoms with Crippen molar-refractivity contribution in [2.45, 2.75) is 19.9 Å². The molecule has 0 saturated heterocycles. The van der Waals surface area contributed by atoms with Crippen LogP contribution in [-0.4, -0.2) is 43.8 Å². The number of urea groups is 1. The van der Waals surface area contributed by atoms with Crippen molar-refractivity contribution in [3.8, 4) is 11.1 Å². The van der Waals surface area contributed by atoms with Crippen LogP contribution in [0, 0.1) is 0 Å². The third-order valence-electron chi connectivity index (χ3n) is 5.00. The molecular formula is C23H26N2O4. The normalized spacial score (nSPS) is 16.6. The third kappa shape index (κ3) is 4.49. The number of carbonyl (C=O) groups is 2. The van der Waals surface area contributed by atoms with Crippen molar-refractivity contribution in [3.05, 3.63) is 71.4 Å². The molecule has 6 heteroatoms. The minimum Gasteiger partial charge on any atom is -0.460 e. The Kier molecular flexibility index (Phi) is 6.67. The van der Waals surface area contributed by atoms with Crippen LogP contribution < -0.4 is 5.32 Å². The van der Waals surface area contributed by atoms with E-state index in [9.17, 15) is 9.59 Å². The zero-order valence-corrected chi connectivity index (χ0v) is 17.0. The molecule has 0 aliphatic carbocycles. The molecule has 0 aromatic heterocycles. The Morgan fingerprint density at radius 2 is 1.69 bits per heavy atom. The molecule has 3 rings (SSSR count). The van der Waals surface area contributed by atoms with Crippen LogP contribution in [-0.2, 0) is 14.3 Å². The SMILES string of the molecule is CCN1C(=O)N[C@@H](c2ccc(-c3ccccc3)cc2)C(C(=O)OCCOC)=C1C. The van der Waals surface area contributed by atoms with Crippen LogP contribution in [0.3, 0.4) is 0 Å². The molecule has 1 aliphatic rings. The van der Waals surface area contributed by atoms with Gasteiger partial charge in [0.25, 0.3) is 0 Å². The molecule has 0 fully saturated rings. The molecule has 0 unspecified atom stereocenters. The highest BCUT2D eigenvalue weighted by molar-refractivity contribution is 5.95. The fourth-order valence-electron chi connectivity index (χ4n) is 3.47. The van der Waals surface area contributed by atoms with Crippen LogP contribution in [0.25, 0.3) is 11.1 Å². The van der Waals surface area contributed by atoms with E-state index in [1.165, 1.54) is 0 Å². The van der Waals surface area contributed by atoms with Gasteiger partial charge in [-0.2, -0.15) is 0 Å². The average molecular weight is 394 g/mol. The van der Waals surface area contributed by atoms with Crippen molar-refractivity contribution in [3.63, 3.8) is 0 Å². The summed E-state index contributed by atoms with van der Waals surface area (Å²) in [5.74, 6) is -0.449. The molecular weight excluding hydrogens is 368 g/mol. The van der Waals surface area contributed by atoms with Crippen molar-refractivity contribution in [2.24, 2.45) is 0 Å². The minimum atomic E-state index is -0.565. The summed E-state index contributed by atoms with van der Waals surface area (Å²) < 4.78 is 10.3. The number of amides is 2. The number of hydrogen-bond donors (Lipinski definition) is 1. The molecule has 29 heavy (non-hydrogen) atoms. The summed E-state index contributed by atoms with van der Waals surface area (Å²) in [6, 6.07) is 17.1. The summed E-state index contributed by atoms with van der Waals surface area (Å²) in [7, 11) is 1.55. The second-order valence-electron chi connectivity index (χ2n) is 6.74. The Hall–Kier alpha value is -3.12. The number of carbonyl (C=O) groups excluding carboxylic acids is 2. The van der Waals surface area contributed by atoms with Crippen LogP contribution >= 0.6 is 0 Å². The summed E-state index contributed by atoms with van der Waals surface area (Å²) in [5, 5.41) is 2.94. The zero-order chi connectivity index (χ0) is 20.8. The molecule has 1 N–H and O–H groups in total. The number of hydrogen-bond acceptors (Lipinski definition) is 4. The Bertz CT molecular complexity index is 891. The number of esters is 1. The van der Waals surface area contributed by atoms with E-state index in [2.05, 4.69) is 5.32 Å². The molecule has 1 heterocycles. The van der Waals surface area contributed by atoms with Gasteiger partial charge in [-0.05, 0) is 30.5 Å². The molecule has 2 aromatic rings.